The SMILES string of the molecule is C=C1/C=C\C=C/Cc2cc3c(cc2N1c1nc(-c2ccccc2)nc(-c2ccccc2)n1)-c1ccccc1C3(C)C. The second-order valence-electron chi connectivity index (χ2n) is 11.0. The molecule has 0 unspecified atom stereocenters. The molecule has 198 valence electrons. The van der Waals surface area contributed by atoms with Crippen LogP contribution in [0.2, 0.25) is 0 Å². The predicted molar refractivity (Wildman–Crippen MR) is 168 cm³/mol. The number of allylic oxidation sites excluding steroid dienone is 4. The van der Waals surface area contributed by atoms with Gasteiger partial charge in [-0.15, -0.1) is 0 Å². The summed E-state index contributed by atoms with van der Waals surface area (Å²) >= 11 is 0. The van der Waals surface area contributed by atoms with Gasteiger partial charge in [0.05, 0.1) is 5.69 Å². The van der Waals surface area contributed by atoms with Crippen LogP contribution in [-0.2, 0) is 11.8 Å². The first-order chi connectivity index (χ1) is 20.0. The summed E-state index contributed by atoms with van der Waals surface area (Å²) in [6, 6.07) is 33.6. The van der Waals surface area contributed by atoms with Crippen LogP contribution in [0.4, 0.5) is 11.6 Å². The summed E-state index contributed by atoms with van der Waals surface area (Å²) in [4.78, 5) is 17.1. The summed E-state index contributed by atoms with van der Waals surface area (Å²) in [5.41, 5.74) is 10.0. The van der Waals surface area contributed by atoms with Crippen molar-refractivity contribution in [1.82, 2.24) is 15.0 Å². The lowest BCUT2D eigenvalue weighted by Gasteiger charge is -2.28. The highest BCUT2D eigenvalue weighted by atomic mass is 15.3. The lowest BCUT2D eigenvalue weighted by Crippen LogP contribution is -2.21. The quantitative estimate of drug-likeness (QED) is 0.234. The molecule has 2 heterocycles. The van der Waals surface area contributed by atoms with Gasteiger partial charge >= 0.3 is 0 Å². The molecule has 1 aromatic heterocycles. The minimum absolute atomic E-state index is 0.0860. The number of aromatic nitrogens is 3. The first-order valence-electron chi connectivity index (χ1n) is 14.0. The smallest absolute Gasteiger partial charge is 0.238 e. The fraction of sp³-hybridized carbons (Fsp3) is 0.108. The zero-order valence-corrected chi connectivity index (χ0v) is 23.3. The summed E-state index contributed by atoms with van der Waals surface area (Å²) in [5.74, 6) is 1.79. The Morgan fingerprint density at radius 3 is 2.00 bits per heavy atom. The molecule has 1 aliphatic carbocycles. The molecule has 0 spiro atoms. The van der Waals surface area contributed by atoms with Crippen molar-refractivity contribution in [3.8, 4) is 33.9 Å². The van der Waals surface area contributed by atoms with E-state index in [9.17, 15) is 0 Å². The predicted octanol–water partition coefficient (Wildman–Crippen LogP) is 8.83. The minimum Gasteiger partial charge on any atom is -0.279 e. The van der Waals surface area contributed by atoms with Gasteiger partial charge in [-0.3, -0.25) is 4.90 Å². The lowest BCUT2D eigenvalue weighted by atomic mass is 9.81. The molecular formula is C37H30N4. The third-order valence-electron chi connectivity index (χ3n) is 8.07. The standard InChI is InChI=1S/C37H30N4/c1-25-15-7-4-12-20-28-23-32-30(29-21-13-14-22-31(29)37(32,2)3)24-33(28)41(25)36-39-34(26-16-8-5-9-17-26)38-35(40-36)27-18-10-6-11-19-27/h4-19,21-24H,1,20H2,2-3H3/b12-4-,15-7-. The Bertz CT molecular complexity index is 1790. The highest BCUT2D eigenvalue weighted by molar-refractivity contribution is 5.86. The van der Waals surface area contributed by atoms with Crippen molar-refractivity contribution in [2.24, 2.45) is 0 Å². The molecule has 41 heavy (non-hydrogen) atoms. The van der Waals surface area contributed by atoms with E-state index in [1.807, 2.05) is 72.8 Å². The molecule has 0 saturated heterocycles. The Hall–Kier alpha value is -5.09. The van der Waals surface area contributed by atoms with Crippen LogP contribution in [0.25, 0.3) is 33.9 Å². The van der Waals surface area contributed by atoms with Crippen molar-refractivity contribution >= 4 is 11.6 Å². The maximum atomic E-state index is 5.06. The van der Waals surface area contributed by atoms with Crippen molar-refractivity contribution in [2.75, 3.05) is 4.90 Å². The number of nitrogens with zero attached hydrogens (tertiary/aromatic N) is 4. The van der Waals surface area contributed by atoms with Crippen LogP contribution < -0.4 is 4.90 Å². The molecule has 1 aliphatic heterocycles. The number of anilines is 2. The first-order valence-corrected chi connectivity index (χ1v) is 14.0. The second-order valence-corrected chi connectivity index (χ2v) is 11.0. The van der Waals surface area contributed by atoms with Crippen molar-refractivity contribution in [3.05, 3.63) is 150 Å². The van der Waals surface area contributed by atoms with Gasteiger partial charge in [0.15, 0.2) is 11.6 Å². The summed E-state index contributed by atoms with van der Waals surface area (Å²) in [6.45, 7) is 9.12. The number of rotatable bonds is 3. The van der Waals surface area contributed by atoms with Crippen molar-refractivity contribution in [3.63, 3.8) is 0 Å². The topological polar surface area (TPSA) is 41.9 Å². The molecular weight excluding hydrogens is 500 g/mol. The largest absolute Gasteiger partial charge is 0.279 e. The van der Waals surface area contributed by atoms with E-state index in [1.165, 1.54) is 27.8 Å². The molecule has 0 amide bonds. The molecule has 0 fully saturated rings. The number of hydrogen-bond acceptors (Lipinski definition) is 4. The molecule has 7 rings (SSSR count). The average molecular weight is 531 g/mol. The van der Waals surface area contributed by atoms with E-state index in [4.69, 9.17) is 15.0 Å². The summed E-state index contributed by atoms with van der Waals surface area (Å²) in [6.07, 6.45) is 9.12. The van der Waals surface area contributed by atoms with Crippen LogP contribution in [0.1, 0.15) is 30.5 Å². The van der Waals surface area contributed by atoms with E-state index in [2.05, 4.69) is 73.9 Å². The van der Waals surface area contributed by atoms with E-state index in [1.54, 1.807) is 0 Å². The van der Waals surface area contributed by atoms with Crippen LogP contribution >= 0.6 is 0 Å². The molecule has 0 atom stereocenters. The summed E-state index contributed by atoms with van der Waals surface area (Å²) in [7, 11) is 0. The highest BCUT2D eigenvalue weighted by Gasteiger charge is 2.36. The van der Waals surface area contributed by atoms with E-state index in [-0.39, 0.29) is 5.41 Å². The third-order valence-corrected chi connectivity index (χ3v) is 8.07. The molecule has 4 nitrogen and oxygen atoms in total. The van der Waals surface area contributed by atoms with Crippen LogP contribution in [0, 0.1) is 0 Å². The first kappa shape index (κ1) is 24.9. The van der Waals surface area contributed by atoms with Gasteiger partial charge in [-0.2, -0.15) is 9.97 Å². The van der Waals surface area contributed by atoms with Gasteiger partial charge in [-0.05, 0) is 46.4 Å². The van der Waals surface area contributed by atoms with Gasteiger partial charge < -0.3 is 0 Å². The number of benzene rings is 4. The fourth-order valence-corrected chi connectivity index (χ4v) is 5.96. The van der Waals surface area contributed by atoms with Crippen LogP contribution in [0.15, 0.2) is 134 Å². The third kappa shape index (κ3) is 4.29. The molecule has 4 heteroatoms. The van der Waals surface area contributed by atoms with Crippen LogP contribution in [0.3, 0.4) is 0 Å². The lowest BCUT2D eigenvalue weighted by molar-refractivity contribution is 0.659. The van der Waals surface area contributed by atoms with Crippen molar-refractivity contribution < 1.29 is 0 Å². The molecule has 2 aliphatic rings. The van der Waals surface area contributed by atoms with E-state index >= 15 is 0 Å². The molecule has 4 aromatic carbocycles. The van der Waals surface area contributed by atoms with Crippen LogP contribution in [0.5, 0.6) is 0 Å². The normalized spacial score (nSPS) is 16.5. The van der Waals surface area contributed by atoms with Gasteiger partial charge in [0.1, 0.15) is 0 Å². The zero-order chi connectivity index (χ0) is 28.0. The molecule has 0 bridgehead atoms. The van der Waals surface area contributed by atoms with E-state index in [0.717, 1.165) is 28.9 Å². The minimum atomic E-state index is -0.0860. The molecule has 0 saturated carbocycles. The van der Waals surface area contributed by atoms with Gasteiger partial charge in [0.25, 0.3) is 0 Å². The summed E-state index contributed by atoms with van der Waals surface area (Å²) < 4.78 is 0. The summed E-state index contributed by atoms with van der Waals surface area (Å²) in [5, 5.41) is 0. The molecule has 5 aromatic rings. The zero-order valence-electron chi connectivity index (χ0n) is 23.3. The van der Waals surface area contributed by atoms with Gasteiger partial charge in [0, 0.05) is 22.2 Å². The Balaban J connectivity index is 1.49. The molecule has 0 N–H and O–H groups in total. The van der Waals surface area contributed by atoms with Gasteiger partial charge in [-0.1, -0.05) is 130 Å². The van der Waals surface area contributed by atoms with E-state index < -0.39 is 0 Å². The molecule has 0 radical (unpaired) electrons. The Morgan fingerprint density at radius 2 is 1.32 bits per heavy atom. The second kappa shape index (κ2) is 9.83. The van der Waals surface area contributed by atoms with Crippen LogP contribution in [-0.4, -0.2) is 15.0 Å². The Kier molecular flexibility index (Phi) is 5.97. The maximum absolute atomic E-state index is 5.06. The number of hydrogen-bond donors (Lipinski definition) is 0. The average Bonchev–Trinajstić information content (AvgIpc) is 3.27. The van der Waals surface area contributed by atoms with Crippen molar-refractivity contribution in [2.45, 2.75) is 25.7 Å². The van der Waals surface area contributed by atoms with Crippen molar-refractivity contribution in [1.29, 1.82) is 0 Å². The fourth-order valence-electron chi connectivity index (χ4n) is 5.96. The number of fused-ring (bicyclic) bond motifs is 4. The Labute approximate surface area is 241 Å². The highest BCUT2D eigenvalue weighted by Crippen LogP contribution is 2.51. The van der Waals surface area contributed by atoms with Gasteiger partial charge in [0.2, 0.25) is 5.95 Å². The monoisotopic (exact) mass is 530 g/mol. The maximum Gasteiger partial charge on any atom is 0.238 e. The van der Waals surface area contributed by atoms with Gasteiger partial charge in [-0.25, -0.2) is 4.98 Å². The Morgan fingerprint density at radius 1 is 0.683 bits per heavy atom. The van der Waals surface area contributed by atoms with E-state index in [0.29, 0.717) is 17.6 Å².